The van der Waals surface area contributed by atoms with Crippen molar-refractivity contribution >= 4 is 5.91 Å². The van der Waals surface area contributed by atoms with E-state index in [-0.39, 0.29) is 17.2 Å². The minimum atomic E-state index is -0.466. The number of hydrogen-bond donors (Lipinski definition) is 2. The predicted molar refractivity (Wildman–Crippen MR) is 79.8 cm³/mol. The summed E-state index contributed by atoms with van der Waals surface area (Å²) >= 11 is 0. The summed E-state index contributed by atoms with van der Waals surface area (Å²) in [6.07, 6.45) is 0.304. The molecule has 1 rings (SSSR count). The van der Waals surface area contributed by atoms with Gasteiger partial charge in [-0.05, 0) is 18.9 Å². The maximum atomic E-state index is 12.1. The van der Waals surface area contributed by atoms with Gasteiger partial charge in [-0.2, -0.15) is 0 Å². The van der Waals surface area contributed by atoms with Gasteiger partial charge in [0.2, 0.25) is 0 Å². The molecule has 1 heterocycles. The van der Waals surface area contributed by atoms with E-state index in [0.717, 1.165) is 17.7 Å². The summed E-state index contributed by atoms with van der Waals surface area (Å²) in [5, 5.41) is 13.0. The topological polar surface area (TPSA) is 62.5 Å². The smallest absolute Gasteiger partial charge is 0.287 e. The molecule has 1 aromatic rings. The molecule has 0 aliphatic carbocycles. The van der Waals surface area contributed by atoms with E-state index in [2.05, 4.69) is 5.32 Å². The number of rotatable bonds is 6. The molecule has 0 aromatic carbocycles. The minimum Gasteiger partial charge on any atom is -0.456 e. The molecule has 0 aliphatic heterocycles. The molecule has 4 nitrogen and oxygen atoms in total. The zero-order chi connectivity index (χ0) is 15.5. The van der Waals surface area contributed by atoms with Crippen LogP contribution < -0.4 is 5.32 Å². The number of carbonyl (C=O) groups is 1. The summed E-state index contributed by atoms with van der Waals surface area (Å²) in [5.74, 6) is 1.12. The third-order valence-corrected chi connectivity index (χ3v) is 3.66. The molecule has 1 amide bonds. The third kappa shape index (κ3) is 3.85. The molecule has 1 atom stereocenters. The molecule has 0 fully saturated rings. The summed E-state index contributed by atoms with van der Waals surface area (Å²) in [4.78, 5) is 12.1. The summed E-state index contributed by atoms with van der Waals surface area (Å²) in [6.45, 7) is 12.1. The lowest BCUT2D eigenvalue weighted by atomic mass is 9.80. The summed E-state index contributed by atoms with van der Waals surface area (Å²) in [5.41, 5.74) is 0.472. The number of amides is 1. The van der Waals surface area contributed by atoms with Gasteiger partial charge in [0.15, 0.2) is 5.76 Å². The second kappa shape index (κ2) is 6.44. The van der Waals surface area contributed by atoms with Crippen LogP contribution in [-0.4, -0.2) is 23.7 Å². The van der Waals surface area contributed by atoms with Gasteiger partial charge in [-0.3, -0.25) is 4.79 Å². The molecule has 0 aliphatic rings. The van der Waals surface area contributed by atoms with Gasteiger partial charge in [-0.1, -0.05) is 34.6 Å². The largest absolute Gasteiger partial charge is 0.456 e. The van der Waals surface area contributed by atoms with Crippen molar-refractivity contribution in [1.82, 2.24) is 5.32 Å². The number of aliphatic hydroxyl groups is 1. The van der Waals surface area contributed by atoms with Crippen LogP contribution >= 0.6 is 0 Å². The van der Waals surface area contributed by atoms with Crippen molar-refractivity contribution in [3.8, 4) is 0 Å². The van der Waals surface area contributed by atoms with Crippen molar-refractivity contribution in [1.29, 1.82) is 0 Å². The highest BCUT2D eigenvalue weighted by molar-refractivity contribution is 5.92. The van der Waals surface area contributed by atoms with E-state index in [4.69, 9.17) is 4.42 Å². The van der Waals surface area contributed by atoms with Crippen molar-refractivity contribution in [3.05, 3.63) is 23.2 Å². The summed E-state index contributed by atoms with van der Waals surface area (Å²) in [6, 6.07) is 1.89. The Hall–Kier alpha value is -1.29. The van der Waals surface area contributed by atoms with E-state index in [1.165, 1.54) is 0 Å². The van der Waals surface area contributed by atoms with Crippen LogP contribution in [0.5, 0.6) is 0 Å². The first-order valence-corrected chi connectivity index (χ1v) is 7.24. The standard InChI is InChI=1S/C16H27NO3/c1-7-12-8-11(4)13(20-12)15(19)17-9-16(5,6)14(18)10(2)3/h8,10,14,18H,7,9H2,1-6H3,(H,17,19). The zero-order valence-electron chi connectivity index (χ0n) is 13.4. The number of carbonyl (C=O) groups excluding carboxylic acids is 1. The van der Waals surface area contributed by atoms with Crippen molar-refractivity contribution in [2.24, 2.45) is 11.3 Å². The Balaban J connectivity index is 2.69. The highest BCUT2D eigenvalue weighted by atomic mass is 16.4. The second-order valence-corrected chi connectivity index (χ2v) is 6.44. The first-order chi connectivity index (χ1) is 9.19. The molecule has 114 valence electrons. The lowest BCUT2D eigenvalue weighted by molar-refractivity contribution is 0.0136. The lowest BCUT2D eigenvalue weighted by Crippen LogP contribution is -2.43. The average Bonchev–Trinajstić information content (AvgIpc) is 2.76. The van der Waals surface area contributed by atoms with Crippen LogP contribution in [0.3, 0.4) is 0 Å². The van der Waals surface area contributed by atoms with Crippen molar-refractivity contribution in [2.75, 3.05) is 6.54 Å². The zero-order valence-corrected chi connectivity index (χ0v) is 13.4. The lowest BCUT2D eigenvalue weighted by Gasteiger charge is -2.33. The van der Waals surface area contributed by atoms with Crippen LogP contribution in [0.1, 0.15) is 56.5 Å². The molecular weight excluding hydrogens is 254 g/mol. The summed E-state index contributed by atoms with van der Waals surface area (Å²) in [7, 11) is 0. The van der Waals surface area contributed by atoms with Gasteiger partial charge >= 0.3 is 0 Å². The fourth-order valence-corrected chi connectivity index (χ4v) is 2.34. The van der Waals surface area contributed by atoms with E-state index in [9.17, 15) is 9.90 Å². The molecule has 0 saturated carbocycles. The molecular formula is C16H27NO3. The fourth-order valence-electron chi connectivity index (χ4n) is 2.34. The first-order valence-electron chi connectivity index (χ1n) is 7.24. The van der Waals surface area contributed by atoms with Crippen LogP contribution in [0.25, 0.3) is 0 Å². The molecule has 0 bridgehead atoms. The quantitative estimate of drug-likeness (QED) is 0.842. The van der Waals surface area contributed by atoms with Crippen molar-refractivity contribution in [3.63, 3.8) is 0 Å². The summed E-state index contributed by atoms with van der Waals surface area (Å²) < 4.78 is 5.52. The molecule has 1 aromatic heterocycles. The van der Waals surface area contributed by atoms with E-state index in [0.29, 0.717) is 12.3 Å². The van der Waals surface area contributed by atoms with E-state index in [1.807, 2.05) is 47.6 Å². The maximum absolute atomic E-state index is 12.1. The van der Waals surface area contributed by atoms with Gasteiger partial charge in [0.25, 0.3) is 5.91 Å². The Labute approximate surface area is 121 Å². The highest BCUT2D eigenvalue weighted by Crippen LogP contribution is 2.25. The van der Waals surface area contributed by atoms with Crippen LogP contribution in [0.15, 0.2) is 10.5 Å². The SMILES string of the molecule is CCc1cc(C)c(C(=O)NCC(C)(C)C(O)C(C)C)o1. The monoisotopic (exact) mass is 281 g/mol. The Morgan fingerprint density at radius 2 is 2.05 bits per heavy atom. The van der Waals surface area contributed by atoms with Crippen LogP contribution in [0.4, 0.5) is 0 Å². The van der Waals surface area contributed by atoms with Gasteiger partial charge < -0.3 is 14.8 Å². The molecule has 0 spiro atoms. The third-order valence-electron chi connectivity index (χ3n) is 3.66. The molecule has 0 saturated heterocycles. The molecule has 0 radical (unpaired) electrons. The average molecular weight is 281 g/mol. The normalized spacial score (nSPS) is 13.6. The number of aliphatic hydroxyl groups excluding tert-OH is 1. The number of nitrogens with one attached hydrogen (secondary N) is 1. The van der Waals surface area contributed by atoms with Gasteiger partial charge in [0, 0.05) is 23.9 Å². The minimum absolute atomic E-state index is 0.152. The van der Waals surface area contributed by atoms with Crippen LogP contribution in [0, 0.1) is 18.3 Å². The number of hydrogen-bond acceptors (Lipinski definition) is 3. The van der Waals surface area contributed by atoms with E-state index in [1.54, 1.807) is 0 Å². The van der Waals surface area contributed by atoms with Crippen LogP contribution in [0.2, 0.25) is 0 Å². The fraction of sp³-hybridized carbons (Fsp3) is 0.688. The first kappa shape index (κ1) is 16.8. The number of furan rings is 1. The molecule has 4 heteroatoms. The predicted octanol–water partition coefficient (Wildman–Crippen LogP) is 2.92. The van der Waals surface area contributed by atoms with Crippen molar-refractivity contribution < 1.29 is 14.3 Å². The maximum Gasteiger partial charge on any atom is 0.287 e. The second-order valence-electron chi connectivity index (χ2n) is 6.44. The molecule has 1 unspecified atom stereocenters. The van der Waals surface area contributed by atoms with Gasteiger partial charge in [0.05, 0.1) is 6.10 Å². The van der Waals surface area contributed by atoms with E-state index < -0.39 is 6.10 Å². The molecule has 20 heavy (non-hydrogen) atoms. The Morgan fingerprint density at radius 3 is 2.50 bits per heavy atom. The van der Waals surface area contributed by atoms with Gasteiger partial charge in [0.1, 0.15) is 5.76 Å². The Morgan fingerprint density at radius 1 is 1.45 bits per heavy atom. The Bertz CT molecular complexity index is 460. The van der Waals surface area contributed by atoms with Gasteiger partial charge in [-0.15, -0.1) is 0 Å². The number of aryl methyl sites for hydroxylation is 2. The Kier molecular flexibility index (Phi) is 5.40. The highest BCUT2D eigenvalue weighted by Gasteiger charge is 2.31. The van der Waals surface area contributed by atoms with E-state index >= 15 is 0 Å². The van der Waals surface area contributed by atoms with Crippen molar-refractivity contribution in [2.45, 2.75) is 54.1 Å². The van der Waals surface area contributed by atoms with Gasteiger partial charge in [-0.25, -0.2) is 0 Å². The molecule has 2 N–H and O–H groups in total. The van der Waals surface area contributed by atoms with Crippen LogP contribution in [-0.2, 0) is 6.42 Å².